The molecular formula is C24H18Cl2N2O. The van der Waals surface area contributed by atoms with Gasteiger partial charge in [0.05, 0.1) is 22.3 Å². The van der Waals surface area contributed by atoms with Gasteiger partial charge < -0.3 is 9.64 Å². The number of aliphatic imine (C=N–C) groups is 1. The van der Waals surface area contributed by atoms with Gasteiger partial charge in [-0.25, -0.2) is 0 Å². The van der Waals surface area contributed by atoms with E-state index in [1.54, 1.807) is 18.2 Å². The minimum Gasteiger partial charge on any atom is -0.486 e. The largest absolute Gasteiger partial charge is 0.486 e. The van der Waals surface area contributed by atoms with Crippen LogP contribution in [0.25, 0.3) is 11.8 Å². The highest BCUT2D eigenvalue weighted by Gasteiger charge is 2.28. The molecule has 2 heterocycles. The van der Waals surface area contributed by atoms with Crippen LogP contribution in [0.15, 0.2) is 71.7 Å². The summed E-state index contributed by atoms with van der Waals surface area (Å²) in [6.45, 7) is 2.14. The summed E-state index contributed by atoms with van der Waals surface area (Å²) in [6, 6.07) is 22.2. The molecular weight excluding hydrogens is 403 g/mol. The summed E-state index contributed by atoms with van der Waals surface area (Å²) < 4.78 is 5.85. The second kappa shape index (κ2) is 7.58. The van der Waals surface area contributed by atoms with E-state index >= 15 is 0 Å². The van der Waals surface area contributed by atoms with E-state index in [4.69, 9.17) is 32.9 Å². The Morgan fingerprint density at radius 1 is 0.897 bits per heavy atom. The van der Waals surface area contributed by atoms with Crippen molar-refractivity contribution in [3.63, 3.8) is 0 Å². The summed E-state index contributed by atoms with van der Waals surface area (Å²) in [7, 11) is 0. The normalized spacial score (nSPS) is 14.8. The summed E-state index contributed by atoms with van der Waals surface area (Å²) >= 11 is 12.4. The first-order chi connectivity index (χ1) is 14.2. The van der Waals surface area contributed by atoms with Crippen molar-refractivity contribution >= 4 is 40.8 Å². The molecule has 0 unspecified atom stereocenters. The molecule has 5 rings (SSSR count). The van der Waals surface area contributed by atoms with E-state index < -0.39 is 0 Å². The van der Waals surface area contributed by atoms with Gasteiger partial charge in [0, 0.05) is 12.1 Å². The van der Waals surface area contributed by atoms with Crippen LogP contribution in [-0.4, -0.2) is 23.8 Å². The molecule has 0 aliphatic carbocycles. The van der Waals surface area contributed by atoms with E-state index in [0.717, 1.165) is 30.1 Å². The maximum atomic E-state index is 6.18. The molecule has 3 aromatic rings. The highest BCUT2D eigenvalue weighted by Crippen LogP contribution is 2.34. The first-order valence-corrected chi connectivity index (χ1v) is 10.3. The predicted octanol–water partition coefficient (Wildman–Crippen LogP) is 6.15. The fraction of sp³-hybridized carbons (Fsp3) is 0.125. The lowest BCUT2D eigenvalue weighted by Gasteiger charge is -2.29. The number of halogens is 2. The zero-order chi connectivity index (χ0) is 19.8. The van der Waals surface area contributed by atoms with Crippen LogP contribution in [0.5, 0.6) is 5.75 Å². The van der Waals surface area contributed by atoms with Gasteiger partial charge in [0.1, 0.15) is 12.4 Å². The monoisotopic (exact) mass is 420 g/mol. The average molecular weight is 421 g/mol. The van der Waals surface area contributed by atoms with Crippen molar-refractivity contribution in [3.05, 3.63) is 99.0 Å². The Kier molecular flexibility index (Phi) is 4.78. The molecule has 29 heavy (non-hydrogen) atoms. The van der Waals surface area contributed by atoms with Gasteiger partial charge in [-0.05, 0) is 34.9 Å². The summed E-state index contributed by atoms with van der Waals surface area (Å²) in [6.07, 6.45) is 2.24. The molecule has 0 saturated heterocycles. The molecule has 0 bridgehead atoms. The maximum absolute atomic E-state index is 6.18. The lowest BCUT2D eigenvalue weighted by atomic mass is 9.97. The third-order valence-corrected chi connectivity index (χ3v) is 5.77. The van der Waals surface area contributed by atoms with Crippen LogP contribution < -0.4 is 4.74 Å². The molecule has 0 amide bonds. The zero-order valence-corrected chi connectivity index (χ0v) is 17.1. The molecule has 0 aromatic heterocycles. The smallest absolute Gasteiger partial charge is 0.156 e. The maximum Gasteiger partial charge on any atom is 0.156 e. The number of benzene rings is 3. The quantitative estimate of drug-likeness (QED) is 0.505. The van der Waals surface area contributed by atoms with Crippen LogP contribution in [0, 0.1) is 0 Å². The van der Waals surface area contributed by atoms with Crippen LogP contribution in [0.2, 0.25) is 10.0 Å². The Morgan fingerprint density at radius 2 is 1.66 bits per heavy atom. The SMILES string of the molecule is Clc1cccc(Cl)c1OCc1ccc(C2=Cc3ccccc3C3=NCCN23)cc1. The second-order valence-corrected chi connectivity index (χ2v) is 7.82. The minimum atomic E-state index is 0.405. The van der Waals surface area contributed by atoms with Crippen molar-refractivity contribution in [2.24, 2.45) is 4.99 Å². The molecule has 0 radical (unpaired) electrons. The van der Waals surface area contributed by atoms with Gasteiger partial charge >= 0.3 is 0 Å². The van der Waals surface area contributed by atoms with Crippen LogP contribution in [0.1, 0.15) is 22.3 Å². The van der Waals surface area contributed by atoms with Gasteiger partial charge in [-0.3, -0.25) is 4.99 Å². The molecule has 0 N–H and O–H groups in total. The van der Waals surface area contributed by atoms with E-state index in [2.05, 4.69) is 59.5 Å². The van der Waals surface area contributed by atoms with E-state index in [0.29, 0.717) is 22.4 Å². The summed E-state index contributed by atoms with van der Waals surface area (Å²) in [5.41, 5.74) is 5.81. The number of ether oxygens (including phenoxy) is 1. The average Bonchev–Trinajstić information content (AvgIpc) is 3.24. The van der Waals surface area contributed by atoms with Gasteiger partial charge in [0.15, 0.2) is 5.75 Å². The molecule has 0 spiro atoms. The molecule has 2 aliphatic heterocycles. The number of hydrogen-bond acceptors (Lipinski definition) is 3. The molecule has 5 heteroatoms. The van der Waals surface area contributed by atoms with Crippen LogP contribution in [-0.2, 0) is 6.61 Å². The van der Waals surface area contributed by atoms with Gasteiger partial charge in [-0.15, -0.1) is 0 Å². The third kappa shape index (κ3) is 3.41. The van der Waals surface area contributed by atoms with E-state index in [1.807, 2.05) is 0 Å². The summed E-state index contributed by atoms with van der Waals surface area (Å²) in [5.74, 6) is 1.59. The lowest BCUT2D eigenvalue weighted by molar-refractivity contribution is 0.306. The van der Waals surface area contributed by atoms with Crippen molar-refractivity contribution < 1.29 is 4.74 Å². The van der Waals surface area contributed by atoms with Crippen molar-refractivity contribution in [3.8, 4) is 5.75 Å². The van der Waals surface area contributed by atoms with E-state index in [1.165, 1.54) is 16.8 Å². The highest BCUT2D eigenvalue weighted by molar-refractivity contribution is 6.37. The first kappa shape index (κ1) is 18.3. The number of hydrogen-bond donors (Lipinski definition) is 0. The van der Waals surface area contributed by atoms with Crippen molar-refractivity contribution in [1.82, 2.24) is 4.90 Å². The van der Waals surface area contributed by atoms with Crippen LogP contribution >= 0.6 is 23.2 Å². The Labute approximate surface area is 179 Å². The predicted molar refractivity (Wildman–Crippen MR) is 120 cm³/mol. The minimum absolute atomic E-state index is 0.405. The molecule has 3 aromatic carbocycles. The summed E-state index contributed by atoms with van der Waals surface area (Å²) in [4.78, 5) is 7.03. The van der Waals surface area contributed by atoms with Crippen molar-refractivity contribution in [1.29, 1.82) is 0 Å². The fourth-order valence-corrected chi connectivity index (χ4v) is 4.26. The van der Waals surface area contributed by atoms with E-state index in [-0.39, 0.29) is 0 Å². The number of para-hydroxylation sites is 1. The third-order valence-electron chi connectivity index (χ3n) is 5.18. The second-order valence-electron chi connectivity index (χ2n) is 7.01. The number of fused-ring (bicyclic) bond motifs is 3. The Balaban J connectivity index is 1.39. The topological polar surface area (TPSA) is 24.8 Å². The molecule has 0 saturated carbocycles. The number of amidine groups is 1. The fourth-order valence-electron chi connectivity index (χ4n) is 3.75. The first-order valence-electron chi connectivity index (χ1n) is 9.50. The van der Waals surface area contributed by atoms with Gasteiger partial charge in [0.25, 0.3) is 0 Å². The van der Waals surface area contributed by atoms with Crippen molar-refractivity contribution in [2.75, 3.05) is 13.1 Å². The summed E-state index contributed by atoms with van der Waals surface area (Å²) in [5, 5.41) is 1.03. The van der Waals surface area contributed by atoms with Crippen LogP contribution in [0.4, 0.5) is 0 Å². The lowest BCUT2D eigenvalue weighted by Crippen LogP contribution is -2.30. The van der Waals surface area contributed by atoms with E-state index in [9.17, 15) is 0 Å². The molecule has 0 fully saturated rings. The Morgan fingerprint density at radius 3 is 2.45 bits per heavy atom. The number of rotatable bonds is 4. The Bertz CT molecular complexity index is 1120. The number of nitrogens with zero attached hydrogens (tertiary/aromatic N) is 2. The Hall–Kier alpha value is -2.75. The van der Waals surface area contributed by atoms with Crippen LogP contribution in [0.3, 0.4) is 0 Å². The van der Waals surface area contributed by atoms with Gasteiger partial charge in [-0.1, -0.05) is 77.8 Å². The molecule has 3 nitrogen and oxygen atoms in total. The highest BCUT2D eigenvalue weighted by atomic mass is 35.5. The molecule has 2 aliphatic rings. The van der Waals surface area contributed by atoms with Crippen molar-refractivity contribution in [2.45, 2.75) is 6.61 Å². The zero-order valence-electron chi connectivity index (χ0n) is 15.6. The molecule has 0 atom stereocenters. The molecule has 144 valence electrons. The van der Waals surface area contributed by atoms with Gasteiger partial charge in [-0.2, -0.15) is 0 Å². The standard InChI is InChI=1S/C24H18Cl2N2O/c25-20-6-3-7-21(26)23(20)29-15-16-8-10-17(11-9-16)22-14-18-4-1-2-5-19(18)24-27-12-13-28(22)24/h1-11,14H,12-13,15H2. The van der Waals surface area contributed by atoms with Gasteiger partial charge in [0.2, 0.25) is 0 Å².